The molecule has 2 saturated heterocycles. The molecule has 2 N–H and O–H groups in total. The van der Waals surface area contributed by atoms with Crippen LogP contribution in [-0.4, -0.2) is 75.4 Å². The highest BCUT2D eigenvalue weighted by atomic mass is 127. The molecule has 1 aromatic carbocycles. The maximum absolute atomic E-state index is 5.44. The van der Waals surface area contributed by atoms with E-state index in [0.717, 1.165) is 64.9 Å². The second-order valence-electron chi connectivity index (χ2n) is 7.13. The number of morpholine rings is 1. The zero-order valence-electron chi connectivity index (χ0n) is 16.6. The van der Waals surface area contributed by atoms with Crippen molar-refractivity contribution in [3.63, 3.8) is 0 Å². The molecule has 2 atom stereocenters. The third-order valence-electron chi connectivity index (χ3n) is 5.18. The van der Waals surface area contributed by atoms with Crippen LogP contribution in [0.25, 0.3) is 0 Å². The Morgan fingerprint density at radius 3 is 2.67 bits per heavy atom. The molecule has 2 unspecified atom stereocenters. The summed E-state index contributed by atoms with van der Waals surface area (Å²) in [5, 5.41) is 7.03. The van der Waals surface area contributed by atoms with Crippen molar-refractivity contribution in [1.29, 1.82) is 0 Å². The van der Waals surface area contributed by atoms with E-state index in [9.17, 15) is 0 Å². The van der Waals surface area contributed by atoms with Crippen molar-refractivity contribution in [2.24, 2.45) is 4.99 Å². The topological polar surface area (TPSA) is 52.1 Å². The summed E-state index contributed by atoms with van der Waals surface area (Å²) in [6.07, 6.45) is 1.14. The lowest BCUT2D eigenvalue weighted by molar-refractivity contribution is 0.0220. The Morgan fingerprint density at radius 2 is 1.96 bits per heavy atom. The zero-order valence-corrected chi connectivity index (χ0v) is 18.9. The number of halogens is 1. The van der Waals surface area contributed by atoms with Crippen molar-refractivity contribution < 1.29 is 4.74 Å². The maximum atomic E-state index is 5.44. The van der Waals surface area contributed by atoms with Gasteiger partial charge in [0.05, 0.1) is 19.8 Å². The van der Waals surface area contributed by atoms with Crippen LogP contribution in [0.4, 0.5) is 5.69 Å². The highest BCUT2D eigenvalue weighted by Crippen LogP contribution is 2.19. The van der Waals surface area contributed by atoms with Crippen LogP contribution in [0.5, 0.6) is 0 Å². The molecule has 0 saturated carbocycles. The van der Waals surface area contributed by atoms with Crippen molar-refractivity contribution in [2.45, 2.75) is 32.4 Å². The van der Waals surface area contributed by atoms with Gasteiger partial charge >= 0.3 is 0 Å². The van der Waals surface area contributed by atoms with Crippen LogP contribution in [0.3, 0.4) is 0 Å². The molecule has 0 bridgehead atoms. The maximum Gasteiger partial charge on any atom is 0.191 e. The molecule has 2 aliphatic rings. The SMILES string of the molecule is CCNC(=NCC(C)N1CCOCC1)NC1CCN(c2ccccc2)C1.I. The Labute approximate surface area is 180 Å². The molecule has 0 spiro atoms. The smallest absolute Gasteiger partial charge is 0.191 e. The van der Waals surface area contributed by atoms with Crippen molar-refractivity contribution in [1.82, 2.24) is 15.5 Å². The molecule has 3 rings (SSSR count). The normalized spacial score (nSPS) is 22.2. The van der Waals surface area contributed by atoms with Gasteiger partial charge in [-0.25, -0.2) is 0 Å². The molecule has 2 aliphatic heterocycles. The molecule has 0 aliphatic carbocycles. The van der Waals surface area contributed by atoms with Gasteiger partial charge in [-0.1, -0.05) is 18.2 Å². The van der Waals surface area contributed by atoms with Crippen molar-refractivity contribution in [2.75, 3.05) is 57.4 Å². The molecular formula is C20H34IN5O. The molecule has 7 heteroatoms. The van der Waals surface area contributed by atoms with Gasteiger partial charge in [-0.3, -0.25) is 9.89 Å². The molecule has 2 fully saturated rings. The fraction of sp³-hybridized carbons (Fsp3) is 0.650. The fourth-order valence-corrected chi connectivity index (χ4v) is 3.62. The number of ether oxygens (including phenoxy) is 1. The van der Waals surface area contributed by atoms with Gasteiger partial charge < -0.3 is 20.3 Å². The first-order valence-electron chi connectivity index (χ1n) is 9.93. The third kappa shape index (κ3) is 6.80. The summed E-state index contributed by atoms with van der Waals surface area (Å²) in [5.41, 5.74) is 1.31. The largest absolute Gasteiger partial charge is 0.379 e. The molecule has 0 aromatic heterocycles. The van der Waals surface area contributed by atoms with Crippen LogP contribution in [0.1, 0.15) is 20.3 Å². The average Bonchev–Trinajstić information content (AvgIpc) is 3.16. The summed E-state index contributed by atoms with van der Waals surface area (Å²) in [6.45, 7) is 11.9. The number of anilines is 1. The van der Waals surface area contributed by atoms with Gasteiger partial charge in [0.1, 0.15) is 0 Å². The number of benzene rings is 1. The minimum Gasteiger partial charge on any atom is -0.379 e. The molecule has 0 radical (unpaired) electrons. The van der Waals surface area contributed by atoms with E-state index in [0.29, 0.717) is 12.1 Å². The fourth-order valence-electron chi connectivity index (χ4n) is 3.62. The van der Waals surface area contributed by atoms with E-state index in [4.69, 9.17) is 9.73 Å². The minimum atomic E-state index is 0. The van der Waals surface area contributed by atoms with Crippen LogP contribution in [-0.2, 0) is 4.74 Å². The van der Waals surface area contributed by atoms with Gasteiger partial charge in [0, 0.05) is 50.5 Å². The number of para-hydroxylation sites is 1. The van der Waals surface area contributed by atoms with E-state index >= 15 is 0 Å². The average molecular weight is 487 g/mol. The Kier molecular flexibility index (Phi) is 9.64. The lowest BCUT2D eigenvalue weighted by Crippen LogP contribution is -2.46. The highest BCUT2D eigenvalue weighted by molar-refractivity contribution is 14.0. The van der Waals surface area contributed by atoms with Gasteiger partial charge in [-0.05, 0) is 32.4 Å². The molecule has 2 heterocycles. The first-order valence-corrected chi connectivity index (χ1v) is 9.93. The van der Waals surface area contributed by atoms with Gasteiger partial charge in [0.2, 0.25) is 0 Å². The molecule has 152 valence electrons. The lowest BCUT2D eigenvalue weighted by atomic mass is 10.2. The Hall–Kier alpha value is -1.06. The van der Waals surface area contributed by atoms with Crippen molar-refractivity contribution >= 4 is 35.6 Å². The zero-order chi connectivity index (χ0) is 18.2. The number of hydrogen-bond acceptors (Lipinski definition) is 4. The van der Waals surface area contributed by atoms with Crippen LogP contribution in [0.15, 0.2) is 35.3 Å². The van der Waals surface area contributed by atoms with E-state index < -0.39 is 0 Å². The predicted molar refractivity (Wildman–Crippen MR) is 123 cm³/mol. The Balaban J connectivity index is 0.00000261. The van der Waals surface area contributed by atoms with E-state index in [1.54, 1.807) is 0 Å². The van der Waals surface area contributed by atoms with E-state index in [1.807, 2.05) is 0 Å². The summed E-state index contributed by atoms with van der Waals surface area (Å²) >= 11 is 0. The van der Waals surface area contributed by atoms with Crippen LogP contribution >= 0.6 is 24.0 Å². The van der Waals surface area contributed by atoms with Crippen molar-refractivity contribution in [3.8, 4) is 0 Å². The molecule has 0 amide bonds. The number of guanidine groups is 1. The van der Waals surface area contributed by atoms with E-state index in [2.05, 4.69) is 64.6 Å². The summed E-state index contributed by atoms with van der Waals surface area (Å²) in [6, 6.07) is 11.5. The van der Waals surface area contributed by atoms with Gasteiger partial charge in [-0.2, -0.15) is 0 Å². The van der Waals surface area contributed by atoms with Crippen molar-refractivity contribution in [3.05, 3.63) is 30.3 Å². The van der Waals surface area contributed by atoms with Crippen LogP contribution in [0.2, 0.25) is 0 Å². The molecule has 27 heavy (non-hydrogen) atoms. The van der Waals surface area contributed by atoms with Crippen LogP contribution < -0.4 is 15.5 Å². The summed E-state index contributed by atoms with van der Waals surface area (Å²) < 4.78 is 5.44. The van der Waals surface area contributed by atoms with Crippen LogP contribution in [0, 0.1) is 0 Å². The lowest BCUT2D eigenvalue weighted by Gasteiger charge is -2.31. The van der Waals surface area contributed by atoms with E-state index in [-0.39, 0.29) is 24.0 Å². The summed E-state index contributed by atoms with van der Waals surface area (Å²) in [7, 11) is 0. The Bertz CT molecular complexity index is 565. The number of rotatable bonds is 6. The predicted octanol–water partition coefficient (Wildman–Crippen LogP) is 2.16. The highest BCUT2D eigenvalue weighted by Gasteiger charge is 2.23. The second kappa shape index (κ2) is 11.7. The minimum absolute atomic E-state index is 0. The summed E-state index contributed by atoms with van der Waals surface area (Å²) in [4.78, 5) is 9.75. The molecular weight excluding hydrogens is 453 g/mol. The molecule has 6 nitrogen and oxygen atoms in total. The number of aliphatic imine (C=N–C) groups is 1. The monoisotopic (exact) mass is 487 g/mol. The number of nitrogens with one attached hydrogen (secondary N) is 2. The third-order valence-corrected chi connectivity index (χ3v) is 5.18. The quantitative estimate of drug-likeness (QED) is 0.366. The van der Waals surface area contributed by atoms with Gasteiger partial charge in [0.15, 0.2) is 5.96 Å². The molecule has 1 aromatic rings. The second-order valence-corrected chi connectivity index (χ2v) is 7.13. The standard InChI is InChI=1S/C20H33N5O.HI/c1-3-21-20(22-15-17(2)24-11-13-26-14-12-24)23-18-9-10-25(16-18)19-7-5-4-6-8-19;/h4-8,17-18H,3,9-16H2,1-2H3,(H2,21,22,23);1H. The number of nitrogens with zero attached hydrogens (tertiary/aromatic N) is 3. The summed E-state index contributed by atoms with van der Waals surface area (Å²) in [5.74, 6) is 0.938. The van der Waals surface area contributed by atoms with Gasteiger partial charge in [-0.15, -0.1) is 24.0 Å². The number of hydrogen-bond donors (Lipinski definition) is 2. The first-order chi connectivity index (χ1) is 12.8. The Morgan fingerprint density at radius 1 is 1.22 bits per heavy atom. The van der Waals surface area contributed by atoms with E-state index in [1.165, 1.54) is 5.69 Å². The first kappa shape index (κ1) is 22.2. The van der Waals surface area contributed by atoms with Gasteiger partial charge in [0.25, 0.3) is 0 Å².